The summed E-state index contributed by atoms with van der Waals surface area (Å²) in [5.74, 6) is -1.86. The van der Waals surface area contributed by atoms with Gasteiger partial charge in [0.2, 0.25) is 0 Å². The molecule has 0 saturated heterocycles. The van der Waals surface area contributed by atoms with Crippen molar-refractivity contribution in [2.24, 2.45) is 0 Å². The molecule has 3 N–H and O–H groups in total. The van der Waals surface area contributed by atoms with E-state index in [1.807, 2.05) is 4.72 Å². The first-order valence-corrected chi connectivity index (χ1v) is 7.27. The van der Waals surface area contributed by atoms with Gasteiger partial charge in [-0.05, 0) is 6.92 Å². The number of esters is 2. The van der Waals surface area contributed by atoms with Gasteiger partial charge in [-0.15, -0.1) is 0 Å². The number of aliphatic hydroxyl groups excluding tert-OH is 1. The maximum atomic E-state index is 12.1. The first-order chi connectivity index (χ1) is 9.87. The normalized spacial score (nSPS) is 12.7. The van der Waals surface area contributed by atoms with E-state index in [0.717, 1.165) is 13.3 Å². The number of rotatable bonds is 7. The number of carbonyl (C=O) groups is 2. The molecule has 1 atom stereocenters. The van der Waals surface area contributed by atoms with Crippen LogP contribution in [0.5, 0.6) is 0 Å². The lowest BCUT2D eigenvalue weighted by Crippen LogP contribution is -2.44. The molecule has 1 rings (SSSR count). The predicted octanol–water partition coefficient (Wildman–Crippen LogP) is -1.60. The lowest BCUT2D eigenvalue weighted by Gasteiger charge is -2.13. The number of aromatic nitrogens is 2. The number of hydrogen-bond donors (Lipinski definition) is 3. The van der Waals surface area contributed by atoms with Gasteiger partial charge < -0.3 is 14.6 Å². The van der Waals surface area contributed by atoms with E-state index in [4.69, 9.17) is 5.11 Å². The lowest BCUT2D eigenvalue weighted by molar-refractivity contribution is -0.143. The Kier molecular flexibility index (Phi) is 5.81. The molecule has 1 aromatic rings. The van der Waals surface area contributed by atoms with Crippen molar-refractivity contribution in [1.82, 2.24) is 14.9 Å². The number of carbonyl (C=O) groups excluding carboxylic acids is 2. The van der Waals surface area contributed by atoms with Crippen molar-refractivity contribution in [2.45, 2.75) is 18.0 Å². The molecule has 1 unspecified atom stereocenters. The minimum absolute atomic E-state index is 0.0539. The molecule has 0 radical (unpaired) electrons. The average molecular weight is 321 g/mol. The summed E-state index contributed by atoms with van der Waals surface area (Å²) in [4.78, 5) is 22.9. The first kappa shape index (κ1) is 17.1. The Hall–Kier alpha value is -1.98. The van der Waals surface area contributed by atoms with E-state index in [1.165, 1.54) is 0 Å². The number of aliphatic hydroxyl groups is 1. The summed E-state index contributed by atoms with van der Waals surface area (Å²) in [7, 11) is -3.27. The summed E-state index contributed by atoms with van der Waals surface area (Å²) in [5, 5.41) is 14.0. The van der Waals surface area contributed by atoms with Gasteiger partial charge >= 0.3 is 11.9 Å². The zero-order chi connectivity index (χ0) is 16.0. The van der Waals surface area contributed by atoms with Crippen LogP contribution in [0.4, 0.5) is 0 Å². The van der Waals surface area contributed by atoms with Crippen LogP contribution in [0, 0.1) is 0 Å². The number of sulfonamides is 1. The van der Waals surface area contributed by atoms with Gasteiger partial charge in [0.1, 0.15) is 11.6 Å². The molecular weight excluding hydrogens is 306 g/mol. The molecule has 0 saturated carbocycles. The summed E-state index contributed by atoms with van der Waals surface area (Å²) >= 11 is 0. The molecule has 11 heteroatoms. The van der Waals surface area contributed by atoms with Gasteiger partial charge in [-0.1, -0.05) is 0 Å². The van der Waals surface area contributed by atoms with E-state index in [1.54, 1.807) is 6.92 Å². The molecule has 0 spiro atoms. The maximum Gasteiger partial charge on any atom is 0.342 e. The molecular formula is C10H15N3O7S. The fourth-order valence-corrected chi connectivity index (χ4v) is 2.64. The highest BCUT2D eigenvalue weighted by Gasteiger charge is 2.31. The van der Waals surface area contributed by atoms with E-state index in [9.17, 15) is 18.0 Å². The smallest absolute Gasteiger partial charge is 0.342 e. The number of nitrogens with one attached hydrogen (secondary N) is 2. The van der Waals surface area contributed by atoms with Crippen molar-refractivity contribution in [2.75, 3.05) is 20.3 Å². The first-order valence-electron chi connectivity index (χ1n) is 5.78. The second-order valence-corrected chi connectivity index (χ2v) is 5.36. The summed E-state index contributed by atoms with van der Waals surface area (Å²) < 4.78 is 35.1. The van der Waals surface area contributed by atoms with Crippen LogP contribution in [0.15, 0.2) is 11.2 Å². The quantitative estimate of drug-likeness (QED) is 0.508. The fourth-order valence-electron chi connectivity index (χ4n) is 1.38. The molecule has 0 fully saturated rings. The molecule has 0 amide bonds. The average Bonchev–Trinajstić information content (AvgIpc) is 2.94. The molecule has 10 nitrogen and oxygen atoms in total. The van der Waals surface area contributed by atoms with Gasteiger partial charge in [-0.2, -0.15) is 9.82 Å². The highest BCUT2D eigenvalue weighted by Crippen LogP contribution is 2.13. The minimum atomic E-state index is -4.31. The standard InChI is InChI=1S/C10H15N3O7S/c1-3-20-9(15)6-4-11-12-8(6)21(17,18)13-7(5-14)10(16)19-2/h4,7,13-14H,3,5H2,1-2H3,(H,11,12). The Morgan fingerprint density at radius 3 is 2.71 bits per heavy atom. The second kappa shape index (κ2) is 7.15. The summed E-state index contributed by atoms with van der Waals surface area (Å²) in [6, 6.07) is -1.50. The van der Waals surface area contributed by atoms with E-state index in [-0.39, 0.29) is 12.2 Å². The Balaban J connectivity index is 3.06. The van der Waals surface area contributed by atoms with Crippen LogP contribution in [-0.4, -0.2) is 62.0 Å². The van der Waals surface area contributed by atoms with Gasteiger partial charge in [-0.3, -0.25) is 9.89 Å². The number of methoxy groups -OCH3 is 1. The Labute approximate surface area is 120 Å². The van der Waals surface area contributed by atoms with Gasteiger partial charge in [0.15, 0.2) is 5.03 Å². The lowest BCUT2D eigenvalue weighted by atomic mass is 10.3. The zero-order valence-corrected chi connectivity index (χ0v) is 12.1. The summed E-state index contributed by atoms with van der Waals surface area (Å²) in [6.07, 6.45) is 0.985. The van der Waals surface area contributed by atoms with E-state index >= 15 is 0 Å². The fraction of sp³-hybridized carbons (Fsp3) is 0.500. The van der Waals surface area contributed by atoms with Crippen LogP contribution in [0.3, 0.4) is 0 Å². The van der Waals surface area contributed by atoms with Crippen LogP contribution >= 0.6 is 0 Å². The minimum Gasteiger partial charge on any atom is -0.468 e. The highest BCUT2D eigenvalue weighted by molar-refractivity contribution is 7.89. The van der Waals surface area contributed by atoms with E-state index in [2.05, 4.69) is 19.7 Å². The zero-order valence-electron chi connectivity index (χ0n) is 11.3. The SMILES string of the molecule is CCOC(=O)c1cn[nH]c1S(=O)(=O)NC(CO)C(=O)OC. The second-order valence-electron chi connectivity index (χ2n) is 3.71. The van der Waals surface area contributed by atoms with Gasteiger partial charge in [0.05, 0.1) is 26.5 Å². The van der Waals surface area contributed by atoms with E-state index in [0.29, 0.717) is 0 Å². The molecule has 21 heavy (non-hydrogen) atoms. The molecule has 118 valence electrons. The van der Waals surface area contributed by atoms with Crippen molar-refractivity contribution in [3.63, 3.8) is 0 Å². The van der Waals surface area contributed by atoms with Crippen LogP contribution in [0.2, 0.25) is 0 Å². The predicted molar refractivity (Wildman–Crippen MR) is 67.8 cm³/mol. The third-order valence-corrected chi connectivity index (χ3v) is 3.78. The van der Waals surface area contributed by atoms with Crippen molar-refractivity contribution in [3.05, 3.63) is 11.8 Å². The Morgan fingerprint density at radius 1 is 1.52 bits per heavy atom. The third-order valence-electron chi connectivity index (χ3n) is 2.33. The number of nitrogens with zero attached hydrogens (tertiary/aromatic N) is 1. The third kappa shape index (κ3) is 4.00. The highest BCUT2D eigenvalue weighted by atomic mass is 32.2. The van der Waals surface area contributed by atoms with E-state index < -0.39 is 39.6 Å². The molecule has 1 aromatic heterocycles. The van der Waals surface area contributed by atoms with Crippen molar-refractivity contribution < 1.29 is 32.6 Å². The molecule has 1 heterocycles. The number of ether oxygens (including phenoxy) is 2. The monoisotopic (exact) mass is 321 g/mol. The number of hydrogen-bond acceptors (Lipinski definition) is 8. The number of aromatic amines is 1. The van der Waals surface area contributed by atoms with Crippen LogP contribution in [-0.2, 0) is 24.3 Å². The van der Waals surface area contributed by atoms with Crippen molar-refractivity contribution >= 4 is 22.0 Å². The van der Waals surface area contributed by atoms with Gasteiger partial charge in [0.25, 0.3) is 10.0 Å². The number of H-pyrrole nitrogens is 1. The van der Waals surface area contributed by atoms with Crippen molar-refractivity contribution in [1.29, 1.82) is 0 Å². The van der Waals surface area contributed by atoms with Crippen LogP contribution < -0.4 is 4.72 Å². The molecule has 0 aliphatic rings. The molecule has 0 aliphatic carbocycles. The maximum absolute atomic E-state index is 12.1. The summed E-state index contributed by atoms with van der Waals surface area (Å²) in [5.41, 5.74) is -0.314. The van der Waals surface area contributed by atoms with Crippen LogP contribution in [0.1, 0.15) is 17.3 Å². The van der Waals surface area contributed by atoms with Gasteiger partial charge in [-0.25, -0.2) is 13.2 Å². The summed E-state index contributed by atoms with van der Waals surface area (Å²) in [6.45, 7) is 0.802. The Morgan fingerprint density at radius 2 is 2.19 bits per heavy atom. The molecule has 0 bridgehead atoms. The molecule has 0 aliphatic heterocycles. The Bertz CT molecular complexity index is 610. The topological polar surface area (TPSA) is 148 Å². The van der Waals surface area contributed by atoms with Gasteiger partial charge in [0, 0.05) is 0 Å². The molecule has 0 aromatic carbocycles. The largest absolute Gasteiger partial charge is 0.468 e. The van der Waals surface area contributed by atoms with Crippen molar-refractivity contribution in [3.8, 4) is 0 Å². The van der Waals surface area contributed by atoms with Crippen LogP contribution in [0.25, 0.3) is 0 Å².